The molecular weight excluding hydrogens is 364 g/mol. The van der Waals surface area contributed by atoms with Crippen LogP contribution in [-0.2, 0) is 4.79 Å². The Morgan fingerprint density at radius 3 is 3.04 bits per heavy atom. The smallest absolute Gasteiger partial charge is 0.242 e. The van der Waals surface area contributed by atoms with Crippen molar-refractivity contribution in [2.24, 2.45) is 5.92 Å². The second-order valence-corrected chi connectivity index (χ2v) is 7.38. The molecule has 140 valence electrons. The molecule has 0 unspecified atom stereocenters. The summed E-state index contributed by atoms with van der Waals surface area (Å²) < 4.78 is 0. The van der Waals surface area contributed by atoms with Gasteiger partial charge < -0.3 is 15.6 Å². The number of aromatic nitrogens is 4. The molecule has 8 heteroatoms. The van der Waals surface area contributed by atoms with Crippen LogP contribution in [0.25, 0.3) is 22.3 Å². The van der Waals surface area contributed by atoms with Gasteiger partial charge in [0.05, 0.1) is 29.2 Å². The minimum absolute atomic E-state index is 0.124. The number of halogens is 1. The number of carbonyl (C=O) groups is 1. The van der Waals surface area contributed by atoms with Crippen LogP contribution in [-0.4, -0.2) is 38.4 Å². The van der Waals surface area contributed by atoms with Crippen molar-refractivity contribution in [1.82, 2.24) is 25.3 Å². The summed E-state index contributed by atoms with van der Waals surface area (Å²) in [7, 11) is 0. The Hall–Kier alpha value is -2.51. The average Bonchev–Trinajstić information content (AvgIpc) is 3.39. The third kappa shape index (κ3) is 4.26. The van der Waals surface area contributed by atoms with Gasteiger partial charge in [-0.1, -0.05) is 24.4 Å². The molecule has 1 aliphatic carbocycles. The van der Waals surface area contributed by atoms with Crippen molar-refractivity contribution >= 4 is 34.4 Å². The van der Waals surface area contributed by atoms with Gasteiger partial charge in [0.15, 0.2) is 5.82 Å². The zero-order valence-electron chi connectivity index (χ0n) is 15.0. The van der Waals surface area contributed by atoms with E-state index in [1.165, 1.54) is 12.8 Å². The van der Waals surface area contributed by atoms with E-state index in [9.17, 15) is 4.79 Å². The van der Waals surface area contributed by atoms with Crippen LogP contribution in [0.5, 0.6) is 0 Å². The molecule has 0 aliphatic heterocycles. The van der Waals surface area contributed by atoms with Crippen molar-refractivity contribution in [3.63, 3.8) is 0 Å². The number of nitrogens with one attached hydrogen (secondary N) is 3. The zero-order chi connectivity index (χ0) is 18.8. The average molecular weight is 385 g/mol. The van der Waals surface area contributed by atoms with Crippen LogP contribution in [0, 0.1) is 5.92 Å². The molecule has 3 heterocycles. The molecule has 0 aromatic carbocycles. The SMILES string of the molecule is C[C@@H](NCCC1CC1)C(=O)Nc1cncc(-c2c[nH]c3ncc(Cl)cc23)n1. The number of nitrogens with zero attached hydrogens (tertiary/aromatic N) is 3. The van der Waals surface area contributed by atoms with Crippen molar-refractivity contribution in [3.05, 3.63) is 35.9 Å². The molecule has 1 aliphatic rings. The van der Waals surface area contributed by atoms with E-state index in [0.29, 0.717) is 16.5 Å². The first-order chi connectivity index (χ1) is 13.1. The number of hydrogen-bond acceptors (Lipinski definition) is 5. The number of hydrogen-bond donors (Lipinski definition) is 3. The van der Waals surface area contributed by atoms with E-state index in [0.717, 1.165) is 35.5 Å². The molecule has 0 radical (unpaired) electrons. The monoisotopic (exact) mass is 384 g/mol. The van der Waals surface area contributed by atoms with E-state index < -0.39 is 0 Å². The van der Waals surface area contributed by atoms with Crippen molar-refractivity contribution < 1.29 is 4.79 Å². The van der Waals surface area contributed by atoms with Gasteiger partial charge in [-0.2, -0.15) is 0 Å². The maximum atomic E-state index is 12.4. The zero-order valence-corrected chi connectivity index (χ0v) is 15.8. The van der Waals surface area contributed by atoms with E-state index >= 15 is 0 Å². The normalized spacial score (nSPS) is 15.0. The van der Waals surface area contributed by atoms with E-state index in [1.54, 1.807) is 18.6 Å². The number of fused-ring (bicyclic) bond motifs is 1. The Balaban J connectivity index is 1.46. The van der Waals surface area contributed by atoms with Crippen LogP contribution < -0.4 is 10.6 Å². The quantitative estimate of drug-likeness (QED) is 0.580. The standard InChI is InChI=1S/C19H21ClN6O/c1-11(22-5-4-12-2-3-12)19(27)26-17-10-21-9-16(25-17)15-8-24-18-14(15)6-13(20)7-23-18/h6-12,22H,2-5H2,1H3,(H,23,24)(H,25,26,27)/t11-/m1/s1. The number of pyridine rings is 1. The van der Waals surface area contributed by atoms with Gasteiger partial charge in [-0.3, -0.25) is 9.78 Å². The molecule has 3 aromatic rings. The minimum atomic E-state index is -0.287. The van der Waals surface area contributed by atoms with E-state index in [4.69, 9.17) is 11.6 Å². The number of anilines is 1. The van der Waals surface area contributed by atoms with Crippen LogP contribution in [0.3, 0.4) is 0 Å². The summed E-state index contributed by atoms with van der Waals surface area (Å²) in [6.07, 6.45) is 10.4. The predicted octanol–water partition coefficient (Wildman–Crippen LogP) is 3.39. The Morgan fingerprint density at radius 2 is 2.22 bits per heavy atom. The lowest BCUT2D eigenvalue weighted by atomic mass is 10.2. The van der Waals surface area contributed by atoms with E-state index in [-0.39, 0.29) is 11.9 Å². The van der Waals surface area contributed by atoms with Crippen molar-refractivity contribution in [3.8, 4) is 11.3 Å². The Morgan fingerprint density at radius 1 is 1.37 bits per heavy atom. The van der Waals surface area contributed by atoms with Crippen molar-refractivity contribution in [1.29, 1.82) is 0 Å². The van der Waals surface area contributed by atoms with Gasteiger partial charge in [0.2, 0.25) is 5.91 Å². The first-order valence-corrected chi connectivity index (χ1v) is 9.47. The molecule has 0 saturated heterocycles. The molecule has 3 aromatic heterocycles. The predicted molar refractivity (Wildman–Crippen MR) is 106 cm³/mol. The fraction of sp³-hybridized carbons (Fsp3) is 0.368. The van der Waals surface area contributed by atoms with Crippen LogP contribution in [0.1, 0.15) is 26.2 Å². The number of H-pyrrole nitrogens is 1. The molecule has 1 atom stereocenters. The molecule has 1 saturated carbocycles. The molecule has 1 amide bonds. The topological polar surface area (TPSA) is 95.6 Å². The summed E-state index contributed by atoms with van der Waals surface area (Å²) in [5.41, 5.74) is 2.19. The molecule has 3 N–H and O–H groups in total. The maximum Gasteiger partial charge on any atom is 0.242 e. The van der Waals surface area contributed by atoms with Gasteiger partial charge in [0.1, 0.15) is 5.65 Å². The second kappa shape index (κ2) is 7.62. The van der Waals surface area contributed by atoms with Crippen LogP contribution in [0.4, 0.5) is 5.82 Å². The second-order valence-electron chi connectivity index (χ2n) is 6.94. The summed E-state index contributed by atoms with van der Waals surface area (Å²) in [6, 6.07) is 1.54. The third-order valence-corrected chi connectivity index (χ3v) is 4.96. The third-order valence-electron chi connectivity index (χ3n) is 4.75. The summed E-state index contributed by atoms with van der Waals surface area (Å²) in [4.78, 5) is 28.5. The summed E-state index contributed by atoms with van der Waals surface area (Å²) in [5, 5.41) is 7.49. The largest absolute Gasteiger partial charge is 0.345 e. The van der Waals surface area contributed by atoms with Crippen LogP contribution in [0.15, 0.2) is 30.9 Å². The summed E-state index contributed by atoms with van der Waals surface area (Å²) >= 11 is 6.06. The maximum absolute atomic E-state index is 12.4. The Labute approximate surface area is 162 Å². The number of amides is 1. The molecule has 1 fully saturated rings. The first kappa shape index (κ1) is 17.9. The molecule has 27 heavy (non-hydrogen) atoms. The lowest BCUT2D eigenvalue weighted by molar-refractivity contribution is -0.117. The van der Waals surface area contributed by atoms with Gasteiger partial charge >= 0.3 is 0 Å². The minimum Gasteiger partial charge on any atom is -0.345 e. The molecule has 7 nitrogen and oxygen atoms in total. The van der Waals surface area contributed by atoms with Crippen LogP contribution in [0.2, 0.25) is 5.02 Å². The van der Waals surface area contributed by atoms with Crippen molar-refractivity contribution in [2.75, 3.05) is 11.9 Å². The Bertz CT molecular complexity index is 968. The summed E-state index contributed by atoms with van der Waals surface area (Å²) in [6.45, 7) is 2.71. The first-order valence-electron chi connectivity index (χ1n) is 9.09. The molecule has 0 spiro atoms. The highest BCUT2D eigenvalue weighted by molar-refractivity contribution is 6.31. The van der Waals surface area contributed by atoms with Crippen molar-refractivity contribution in [2.45, 2.75) is 32.2 Å². The number of rotatable bonds is 7. The summed E-state index contributed by atoms with van der Waals surface area (Å²) in [5.74, 6) is 1.13. The van der Waals surface area contributed by atoms with Gasteiger partial charge in [0, 0.05) is 23.3 Å². The van der Waals surface area contributed by atoms with Gasteiger partial charge in [-0.15, -0.1) is 0 Å². The van der Waals surface area contributed by atoms with E-state index in [1.807, 2.05) is 19.2 Å². The Kier molecular flexibility index (Phi) is 5.05. The molecule has 0 bridgehead atoms. The fourth-order valence-corrected chi connectivity index (χ4v) is 3.14. The van der Waals surface area contributed by atoms with E-state index in [2.05, 4.69) is 30.6 Å². The molecule has 4 rings (SSSR count). The van der Waals surface area contributed by atoms with Gasteiger partial charge in [0.25, 0.3) is 0 Å². The lowest BCUT2D eigenvalue weighted by Gasteiger charge is -2.13. The molecular formula is C19H21ClN6O. The van der Waals surface area contributed by atoms with Gasteiger partial charge in [-0.05, 0) is 31.9 Å². The lowest BCUT2D eigenvalue weighted by Crippen LogP contribution is -2.38. The fourth-order valence-electron chi connectivity index (χ4n) is 2.98. The van der Waals surface area contributed by atoms with Gasteiger partial charge in [-0.25, -0.2) is 9.97 Å². The highest BCUT2D eigenvalue weighted by Crippen LogP contribution is 2.31. The van der Waals surface area contributed by atoms with Crippen LogP contribution >= 0.6 is 11.6 Å². The highest BCUT2D eigenvalue weighted by Gasteiger charge is 2.21. The number of carbonyl (C=O) groups excluding carboxylic acids is 1. The highest BCUT2D eigenvalue weighted by atomic mass is 35.5. The number of aromatic amines is 1.